The molecule has 5 nitrogen and oxygen atoms in total. The first-order chi connectivity index (χ1) is 8.63. The van der Waals surface area contributed by atoms with Gasteiger partial charge in [0.25, 0.3) is 0 Å². The molecule has 2 fully saturated rings. The van der Waals surface area contributed by atoms with Gasteiger partial charge in [0.05, 0.1) is 0 Å². The molecule has 0 aromatic rings. The molecule has 2 aliphatic heterocycles. The van der Waals surface area contributed by atoms with Crippen LogP contribution in [0.1, 0.15) is 25.7 Å². The van der Waals surface area contributed by atoms with Gasteiger partial charge in [-0.15, -0.1) is 0 Å². The smallest absolute Gasteiger partial charge is 0.320 e. The van der Waals surface area contributed by atoms with Gasteiger partial charge in [0.1, 0.15) is 6.04 Å². The predicted octanol–water partition coefficient (Wildman–Crippen LogP) is 0.205. The summed E-state index contributed by atoms with van der Waals surface area (Å²) in [5.74, 6) is -0.0832. The van der Waals surface area contributed by atoms with E-state index >= 15 is 0 Å². The van der Waals surface area contributed by atoms with E-state index in [0.717, 1.165) is 19.5 Å². The van der Waals surface area contributed by atoms with Crippen molar-refractivity contribution in [1.29, 1.82) is 0 Å². The molecule has 0 aromatic heterocycles. The normalized spacial score (nSPS) is 31.9. The SMILES string of the molecule is CN1CCCC2CN(C(CCN)C(=O)O)CCC21. The number of carboxylic acid groups (broad SMARTS) is 1. The van der Waals surface area contributed by atoms with E-state index in [0.29, 0.717) is 24.9 Å². The van der Waals surface area contributed by atoms with Crippen LogP contribution >= 0.6 is 0 Å². The molecule has 0 bridgehead atoms. The molecule has 0 aromatic carbocycles. The van der Waals surface area contributed by atoms with Gasteiger partial charge in [-0.05, 0) is 51.7 Å². The molecule has 2 saturated heterocycles. The molecular formula is C13H25N3O2. The Morgan fingerprint density at radius 2 is 2.22 bits per heavy atom. The van der Waals surface area contributed by atoms with Crippen molar-refractivity contribution in [3.8, 4) is 0 Å². The van der Waals surface area contributed by atoms with E-state index in [1.54, 1.807) is 0 Å². The Kier molecular flexibility index (Phi) is 4.59. The third-order valence-electron chi connectivity index (χ3n) is 4.54. The minimum Gasteiger partial charge on any atom is -0.480 e. The van der Waals surface area contributed by atoms with Crippen LogP contribution < -0.4 is 5.73 Å². The van der Waals surface area contributed by atoms with E-state index in [1.807, 2.05) is 0 Å². The average Bonchev–Trinajstić information content (AvgIpc) is 2.35. The van der Waals surface area contributed by atoms with Crippen LogP contribution in [-0.4, -0.2) is 66.2 Å². The van der Waals surface area contributed by atoms with Crippen molar-refractivity contribution in [2.45, 2.75) is 37.8 Å². The van der Waals surface area contributed by atoms with Crippen LogP contribution in [0, 0.1) is 5.92 Å². The lowest BCUT2D eigenvalue weighted by atomic mass is 9.83. The molecule has 5 heteroatoms. The van der Waals surface area contributed by atoms with Crippen molar-refractivity contribution >= 4 is 5.97 Å². The van der Waals surface area contributed by atoms with E-state index in [9.17, 15) is 9.90 Å². The Morgan fingerprint density at radius 3 is 2.89 bits per heavy atom. The first-order valence-corrected chi connectivity index (χ1v) is 7.00. The van der Waals surface area contributed by atoms with Gasteiger partial charge >= 0.3 is 5.97 Å². The van der Waals surface area contributed by atoms with Crippen molar-refractivity contribution in [1.82, 2.24) is 9.80 Å². The van der Waals surface area contributed by atoms with E-state index in [1.165, 1.54) is 19.4 Å². The molecular weight excluding hydrogens is 230 g/mol. The maximum Gasteiger partial charge on any atom is 0.320 e. The summed E-state index contributed by atoms with van der Waals surface area (Å²) in [5, 5.41) is 9.30. The molecule has 3 unspecified atom stereocenters. The van der Waals surface area contributed by atoms with Gasteiger partial charge in [-0.1, -0.05) is 0 Å². The number of carboxylic acids is 1. The van der Waals surface area contributed by atoms with E-state index in [2.05, 4.69) is 16.8 Å². The van der Waals surface area contributed by atoms with Gasteiger partial charge in [0.15, 0.2) is 0 Å². The summed E-state index contributed by atoms with van der Waals surface area (Å²) < 4.78 is 0. The monoisotopic (exact) mass is 255 g/mol. The fourth-order valence-corrected chi connectivity index (χ4v) is 3.58. The maximum absolute atomic E-state index is 11.3. The topological polar surface area (TPSA) is 69.8 Å². The Bertz CT molecular complexity index is 298. The minimum absolute atomic E-state index is 0.386. The fourth-order valence-electron chi connectivity index (χ4n) is 3.58. The summed E-state index contributed by atoms with van der Waals surface area (Å²) in [4.78, 5) is 15.9. The van der Waals surface area contributed by atoms with Crippen LogP contribution in [0.15, 0.2) is 0 Å². The van der Waals surface area contributed by atoms with Crippen molar-refractivity contribution in [3.63, 3.8) is 0 Å². The number of carbonyl (C=O) groups is 1. The minimum atomic E-state index is -0.719. The number of aliphatic carboxylic acids is 1. The van der Waals surface area contributed by atoms with Gasteiger partial charge in [-0.3, -0.25) is 9.69 Å². The van der Waals surface area contributed by atoms with Crippen molar-refractivity contribution in [2.24, 2.45) is 11.7 Å². The lowest BCUT2D eigenvalue weighted by Gasteiger charge is -2.47. The molecule has 0 spiro atoms. The highest BCUT2D eigenvalue weighted by Gasteiger charge is 2.37. The summed E-state index contributed by atoms with van der Waals surface area (Å²) in [6.07, 6.45) is 4.12. The largest absolute Gasteiger partial charge is 0.480 e. The molecule has 2 heterocycles. The number of rotatable bonds is 4. The Labute approximate surface area is 109 Å². The second kappa shape index (κ2) is 5.99. The molecule has 104 valence electrons. The number of hydrogen-bond acceptors (Lipinski definition) is 4. The van der Waals surface area contributed by atoms with Gasteiger partial charge < -0.3 is 15.7 Å². The van der Waals surface area contributed by atoms with Gasteiger partial charge in [-0.2, -0.15) is 0 Å². The summed E-state index contributed by atoms with van der Waals surface area (Å²) in [7, 11) is 2.20. The van der Waals surface area contributed by atoms with E-state index in [-0.39, 0.29) is 6.04 Å². The van der Waals surface area contributed by atoms with Crippen LogP contribution in [0.25, 0.3) is 0 Å². The quantitative estimate of drug-likeness (QED) is 0.751. The molecule has 0 amide bonds. The molecule has 18 heavy (non-hydrogen) atoms. The number of nitrogens with zero attached hydrogens (tertiary/aromatic N) is 2. The molecule has 0 saturated carbocycles. The molecule has 2 aliphatic rings. The molecule has 3 N–H and O–H groups in total. The second-order valence-corrected chi connectivity index (χ2v) is 5.67. The van der Waals surface area contributed by atoms with Gasteiger partial charge in [0.2, 0.25) is 0 Å². The molecule has 0 radical (unpaired) electrons. The van der Waals surface area contributed by atoms with Crippen LogP contribution in [0.2, 0.25) is 0 Å². The van der Waals surface area contributed by atoms with Crippen LogP contribution in [0.5, 0.6) is 0 Å². The zero-order chi connectivity index (χ0) is 13.1. The molecule has 2 rings (SSSR count). The van der Waals surface area contributed by atoms with Crippen molar-refractivity contribution < 1.29 is 9.90 Å². The lowest BCUT2D eigenvalue weighted by molar-refractivity contribution is -0.145. The van der Waals surface area contributed by atoms with Crippen LogP contribution in [-0.2, 0) is 4.79 Å². The van der Waals surface area contributed by atoms with Crippen LogP contribution in [0.4, 0.5) is 0 Å². The summed E-state index contributed by atoms with van der Waals surface area (Å²) >= 11 is 0. The van der Waals surface area contributed by atoms with Crippen molar-refractivity contribution in [2.75, 3.05) is 33.2 Å². The first kappa shape index (κ1) is 13.8. The number of nitrogens with two attached hydrogens (primary N) is 1. The zero-order valence-corrected chi connectivity index (χ0v) is 11.2. The van der Waals surface area contributed by atoms with Gasteiger partial charge in [-0.25, -0.2) is 0 Å². The fraction of sp³-hybridized carbons (Fsp3) is 0.923. The second-order valence-electron chi connectivity index (χ2n) is 5.67. The highest BCUT2D eigenvalue weighted by molar-refractivity contribution is 5.73. The number of piperidine rings is 2. The number of likely N-dealkylation sites (tertiary alicyclic amines) is 2. The van der Waals surface area contributed by atoms with Crippen molar-refractivity contribution in [3.05, 3.63) is 0 Å². The average molecular weight is 255 g/mol. The highest BCUT2D eigenvalue weighted by atomic mass is 16.4. The maximum atomic E-state index is 11.3. The van der Waals surface area contributed by atoms with Crippen LogP contribution in [0.3, 0.4) is 0 Å². The highest BCUT2D eigenvalue weighted by Crippen LogP contribution is 2.30. The predicted molar refractivity (Wildman–Crippen MR) is 70.4 cm³/mol. The Hall–Kier alpha value is -0.650. The first-order valence-electron chi connectivity index (χ1n) is 7.00. The Morgan fingerprint density at radius 1 is 1.44 bits per heavy atom. The van der Waals surface area contributed by atoms with E-state index in [4.69, 9.17) is 5.73 Å². The summed E-state index contributed by atoms with van der Waals surface area (Å²) in [6, 6.07) is 0.269. The lowest BCUT2D eigenvalue weighted by Crippen LogP contribution is -2.56. The molecule has 3 atom stereocenters. The summed E-state index contributed by atoms with van der Waals surface area (Å²) in [6.45, 7) is 3.45. The zero-order valence-electron chi connectivity index (χ0n) is 11.2. The standard InChI is InChI=1S/C13H25N3O2/c1-15-7-2-3-10-9-16(8-5-11(10)15)12(4-6-14)13(17)18/h10-12H,2-9,14H2,1H3,(H,17,18). The summed E-state index contributed by atoms with van der Waals surface area (Å²) in [5.41, 5.74) is 5.53. The number of hydrogen-bond donors (Lipinski definition) is 2. The third kappa shape index (κ3) is 2.84. The number of fused-ring (bicyclic) bond motifs is 1. The third-order valence-corrected chi connectivity index (χ3v) is 4.54. The van der Waals surface area contributed by atoms with E-state index < -0.39 is 5.97 Å². The molecule has 0 aliphatic carbocycles. The van der Waals surface area contributed by atoms with Gasteiger partial charge in [0, 0.05) is 19.1 Å². The Balaban J connectivity index is 1.98.